The molecular formula is C9H17N3O3. The highest BCUT2D eigenvalue weighted by molar-refractivity contribution is 5.89. The van der Waals surface area contributed by atoms with Gasteiger partial charge < -0.3 is 16.2 Å². The van der Waals surface area contributed by atoms with Crippen molar-refractivity contribution in [1.29, 1.82) is 0 Å². The van der Waals surface area contributed by atoms with Crippen LogP contribution in [0.15, 0.2) is 4.99 Å². The molecule has 6 nitrogen and oxygen atoms in total. The maximum absolute atomic E-state index is 11.4. The largest absolute Gasteiger partial charge is 0.480 e. The lowest BCUT2D eigenvalue weighted by Gasteiger charge is -2.12. The number of carboxylic acid groups (broad SMARTS) is 1. The van der Waals surface area contributed by atoms with Gasteiger partial charge in [0.25, 0.3) is 0 Å². The number of nitrogens with two attached hydrogens (primary N) is 1. The summed E-state index contributed by atoms with van der Waals surface area (Å²) in [5, 5.41) is 10.9. The van der Waals surface area contributed by atoms with Gasteiger partial charge in [-0.1, -0.05) is 6.92 Å². The van der Waals surface area contributed by atoms with Crippen LogP contribution >= 0.6 is 0 Å². The Morgan fingerprint density at radius 2 is 2.00 bits per heavy atom. The zero-order chi connectivity index (χ0) is 12.0. The second-order valence-corrected chi connectivity index (χ2v) is 3.22. The van der Waals surface area contributed by atoms with Crippen LogP contribution in [0.4, 0.5) is 0 Å². The van der Waals surface area contributed by atoms with E-state index in [1.807, 2.05) is 6.92 Å². The lowest BCUT2D eigenvalue weighted by molar-refractivity contribution is -0.141. The van der Waals surface area contributed by atoms with Crippen LogP contribution in [-0.4, -0.2) is 34.9 Å². The quantitative estimate of drug-likeness (QED) is 0.433. The van der Waals surface area contributed by atoms with E-state index in [4.69, 9.17) is 10.8 Å². The fraction of sp³-hybridized carbons (Fsp3) is 0.667. The Morgan fingerprint density at radius 3 is 2.40 bits per heavy atom. The van der Waals surface area contributed by atoms with Gasteiger partial charge in [-0.15, -0.1) is 0 Å². The molecule has 0 saturated heterocycles. The van der Waals surface area contributed by atoms with Gasteiger partial charge in [0.15, 0.2) is 0 Å². The lowest BCUT2D eigenvalue weighted by Crippen LogP contribution is -2.42. The van der Waals surface area contributed by atoms with Crippen LogP contribution in [-0.2, 0) is 9.59 Å². The van der Waals surface area contributed by atoms with Crippen molar-refractivity contribution < 1.29 is 14.7 Å². The predicted molar refractivity (Wildman–Crippen MR) is 56.6 cm³/mol. The van der Waals surface area contributed by atoms with Crippen molar-refractivity contribution in [3.63, 3.8) is 0 Å². The van der Waals surface area contributed by atoms with Crippen LogP contribution in [0.5, 0.6) is 0 Å². The summed E-state index contributed by atoms with van der Waals surface area (Å²) in [6, 6.07) is -1.58. The molecule has 0 heterocycles. The fourth-order valence-electron chi connectivity index (χ4n) is 0.794. The van der Waals surface area contributed by atoms with E-state index in [0.717, 1.165) is 0 Å². The van der Waals surface area contributed by atoms with Crippen molar-refractivity contribution in [3.8, 4) is 0 Å². The second-order valence-electron chi connectivity index (χ2n) is 3.22. The third-order valence-corrected chi connectivity index (χ3v) is 1.83. The number of carbonyl (C=O) groups is 2. The van der Waals surface area contributed by atoms with Crippen LogP contribution in [0.2, 0.25) is 0 Å². The molecule has 1 amide bonds. The molecule has 0 aliphatic carbocycles. The van der Waals surface area contributed by atoms with Crippen molar-refractivity contribution >= 4 is 17.7 Å². The molecule has 15 heavy (non-hydrogen) atoms. The Balaban J connectivity index is 4.28. The molecule has 6 heteroatoms. The summed E-state index contributed by atoms with van der Waals surface area (Å²) in [5.41, 5.74) is 5.46. The molecule has 0 bridgehead atoms. The molecule has 0 aliphatic heterocycles. The van der Waals surface area contributed by atoms with E-state index in [9.17, 15) is 9.59 Å². The van der Waals surface area contributed by atoms with E-state index < -0.39 is 24.0 Å². The van der Waals surface area contributed by atoms with Gasteiger partial charge in [0.2, 0.25) is 5.91 Å². The van der Waals surface area contributed by atoms with Gasteiger partial charge in [-0.2, -0.15) is 0 Å². The molecule has 4 N–H and O–H groups in total. The van der Waals surface area contributed by atoms with Gasteiger partial charge in [0, 0.05) is 6.42 Å². The van der Waals surface area contributed by atoms with E-state index in [-0.39, 0.29) is 0 Å². The van der Waals surface area contributed by atoms with Crippen LogP contribution in [0.25, 0.3) is 0 Å². The summed E-state index contributed by atoms with van der Waals surface area (Å²) < 4.78 is 0. The number of carbonyl (C=O) groups excluding carboxylic acids is 1. The van der Waals surface area contributed by atoms with E-state index in [1.54, 1.807) is 6.92 Å². The van der Waals surface area contributed by atoms with E-state index >= 15 is 0 Å². The summed E-state index contributed by atoms with van der Waals surface area (Å²) in [6.45, 7) is 4.77. The molecule has 0 rings (SSSR count). The summed E-state index contributed by atoms with van der Waals surface area (Å²) in [5.74, 6) is -1.15. The molecule has 0 unspecified atom stereocenters. The molecule has 0 fully saturated rings. The molecule has 0 aromatic heterocycles. The molecule has 0 spiro atoms. The summed E-state index contributed by atoms with van der Waals surface area (Å²) in [7, 11) is 0. The van der Waals surface area contributed by atoms with Gasteiger partial charge in [-0.05, 0) is 13.8 Å². The summed E-state index contributed by atoms with van der Waals surface area (Å²) in [6.07, 6.45) is 0.562. The first-order valence-electron chi connectivity index (χ1n) is 4.73. The average molecular weight is 215 g/mol. The van der Waals surface area contributed by atoms with Crippen LogP contribution < -0.4 is 11.1 Å². The molecule has 86 valence electrons. The predicted octanol–water partition coefficient (Wildman–Crippen LogP) is -0.269. The molecular weight excluding hydrogens is 198 g/mol. The minimum absolute atomic E-state index is 0.376. The third-order valence-electron chi connectivity index (χ3n) is 1.83. The van der Waals surface area contributed by atoms with Crippen molar-refractivity contribution in [2.24, 2.45) is 10.7 Å². The zero-order valence-corrected chi connectivity index (χ0v) is 9.15. The van der Waals surface area contributed by atoms with Crippen molar-refractivity contribution in [3.05, 3.63) is 0 Å². The molecule has 0 aromatic carbocycles. The molecule has 0 aliphatic rings. The standard InChI is InChI=1S/C9H17N3O3/c1-4-7(10)11-5(2)8(13)12-6(3)9(14)15/h5-6H,4H2,1-3H3,(H2,10,11)(H,12,13)(H,14,15)/t5-,6-/m0/s1. The fourth-order valence-corrected chi connectivity index (χ4v) is 0.794. The molecule has 0 aromatic rings. The maximum atomic E-state index is 11.4. The molecule has 0 radical (unpaired) electrons. The Labute approximate surface area is 88.6 Å². The average Bonchev–Trinajstić information content (AvgIpc) is 2.16. The van der Waals surface area contributed by atoms with Crippen molar-refractivity contribution in [2.75, 3.05) is 0 Å². The first-order chi connectivity index (χ1) is 6.88. The lowest BCUT2D eigenvalue weighted by atomic mass is 10.2. The van der Waals surface area contributed by atoms with Crippen molar-refractivity contribution in [1.82, 2.24) is 5.32 Å². The van der Waals surface area contributed by atoms with Gasteiger partial charge in [-0.3, -0.25) is 14.6 Å². The number of amides is 1. The van der Waals surface area contributed by atoms with Gasteiger partial charge in [-0.25, -0.2) is 0 Å². The van der Waals surface area contributed by atoms with Gasteiger partial charge in [0.1, 0.15) is 12.1 Å². The third kappa shape index (κ3) is 4.99. The summed E-state index contributed by atoms with van der Waals surface area (Å²) >= 11 is 0. The monoisotopic (exact) mass is 215 g/mol. The topological polar surface area (TPSA) is 105 Å². The number of carboxylic acids is 1. The maximum Gasteiger partial charge on any atom is 0.325 e. The van der Waals surface area contributed by atoms with Crippen LogP contribution in [0.1, 0.15) is 27.2 Å². The first kappa shape index (κ1) is 13.4. The SMILES string of the molecule is CCC(N)=N[C@@H](C)C(=O)N[C@@H](C)C(=O)O. The second kappa shape index (κ2) is 6.00. The van der Waals surface area contributed by atoms with E-state index in [0.29, 0.717) is 12.3 Å². The van der Waals surface area contributed by atoms with Gasteiger partial charge in [0.05, 0.1) is 5.84 Å². The normalized spacial score (nSPS) is 15.5. The molecule has 0 saturated carbocycles. The highest BCUT2D eigenvalue weighted by Crippen LogP contribution is 1.93. The first-order valence-corrected chi connectivity index (χ1v) is 4.73. The Kier molecular flexibility index (Phi) is 5.36. The summed E-state index contributed by atoms with van der Waals surface area (Å²) in [4.78, 5) is 25.7. The molecule has 2 atom stereocenters. The van der Waals surface area contributed by atoms with Gasteiger partial charge >= 0.3 is 5.97 Å². The van der Waals surface area contributed by atoms with E-state index in [2.05, 4.69) is 10.3 Å². The Bertz CT molecular complexity index is 276. The number of rotatable bonds is 5. The zero-order valence-electron chi connectivity index (χ0n) is 9.15. The minimum Gasteiger partial charge on any atom is -0.480 e. The van der Waals surface area contributed by atoms with Crippen LogP contribution in [0.3, 0.4) is 0 Å². The smallest absolute Gasteiger partial charge is 0.325 e. The number of amidine groups is 1. The van der Waals surface area contributed by atoms with Crippen LogP contribution in [0, 0.1) is 0 Å². The Morgan fingerprint density at radius 1 is 1.47 bits per heavy atom. The minimum atomic E-state index is -1.08. The van der Waals surface area contributed by atoms with E-state index in [1.165, 1.54) is 6.92 Å². The van der Waals surface area contributed by atoms with Crippen molar-refractivity contribution in [2.45, 2.75) is 39.3 Å². The highest BCUT2D eigenvalue weighted by atomic mass is 16.4. The number of hydrogen-bond acceptors (Lipinski definition) is 3. The Hall–Kier alpha value is -1.59. The number of aliphatic carboxylic acids is 1. The highest BCUT2D eigenvalue weighted by Gasteiger charge is 2.18. The number of hydrogen-bond donors (Lipinski definition) is 3. The number of aliphatic imine (C=N–C) groups is 1. The number of nitrogens with one attached hydrogen (secondary N) is 1. The number of nitrogens with zero attached hydrogens (tertiary/aromatic N) is 1.